The summed E-state index contributed by atoms with van der Waals surface area (Å²) in [5.41, 5.74) is 1.90. The molecule has 0 saturated carbocycles. The molecule has 1 unspecified atom stereocenters. The van der Waals surface area contributed by atoms with E-state index in [9.17, 15) is 4.79 Å². The molecule has 18 heavy (non-hydrogen) atoms. The highest BCUT2D eigenvalue weighted by molar-refractivity contribution is 5.81. The van der Waals surface area contributed by atoms with Gasteiger partial charge in [0.15, 0.2) is 0 Å². The molecular weight excluding hydrogens is 230 g/mol. The van der Waals surface area contributed by atoms with Crippen molar-refractivity contribution in [2.24, 2.45) is 5.92 Å². The zero-order valence-electron chi connectivity index (χ0n) is 11.8. The fourth-order valence-electron chi connectivity index (χ4n) is 1.56. The van der Waals surface area contributed by atoms with Crippen LogP contribution in [0.4, 0.5) is 0 Å². The van der Waals surface area contributed by atoms with Gasteiger partial charge in [-0.1, -0.05) is 19.0 Å². The predicted molar refractivity (Wildman–Crippen MR) is 70.1 cm³/mol. The van der Waals surface area contributed by atoms with Crippen molar-refractivity contribution >= 4 is 5.91 Å². The Morgan fingerprint density at radius 1 is 1.33 bits per heavy atom. The van der Waals surface area contributed by atoms with Crippen molar-refractivity contribution in [2.45, 2.75) is 47.2 Å². The first-order chi connectivity index (χ1) is 8.41. The van der Waals surface area contributed by atoms with Gasteiger partial charge in [-0.3, -0.25) is 4.79 Å². The monoisotopic (exact) mass is 253 g/mol. The van der Waals surface area contributed by atoms with Gasteiger partial charge < -0.3 is 15.2 Å². The van der Waals surface area contributed by atoms with E-state index in [1.165, 1.54) is 0 Å². The summed E-state index contributed by atoms with van der Waals surface area (Å²) in [6.45, 7) is 11.1. The van der Waals surface area contributed by atoms with Crippen LogP contribution in [0.1, 0.15) is 37.8 Å². The van der Waals surface area contributed by atoms with Crippen molar-refractivity contribution in [1.29, 1.82) is 0 Å². The predicted octanol–water partition coefficient (Wildman–Crippen LogP) is 1.54. The standard InChI is InChI=1S/C13H23N3O2/c1-8(2)6-15-13(17)10(4)14-7-12-9(3)16-18-11(12)5/h8,10,14H,6-7H2,1-5H3,(H,15,17). The Balaban J connectivity index is 2.41. The lowest BCUT2D eigenvalue weighted by Crippen LogP contribution is -2.43. The third-order valence-electron chi connectivity index (χ3n) is 2.84. The Bertz CT molecular complexity index is 379. The van der Waals surface area contributed by atoms with Crippen LogP contribution in [0.3, 0.4) is 0 Å². The fraction of sp³-hybridized carbons (Fsp3) is 0.692. The van der Waals surface area contributed by atoms with Crippen molar-refractivity contribution in [3.05, 3.63) is 17.0 Å². The lowest BCUT2D eigenvalue weighted by molar-refractivity contribution is -0.122. The van der Waals surface area contributed by atoms with E-state index < -0.39 is 0 Å². The van der Waals surface area contributed by atoms with Gasteiger partial charge in [0.2, 0.25) is 5.91 Å². The molecule has 2 N–H and O–H groups in total. The smallest absolute Gasteiger partial charge is 0.236 e. The maximum Gasteiger partial charge on any atom is 0.236 e. The van der Waals surface area contributed by atoms with Gasteiger partial charge in [0.05, 0.1) is 11.7 Å². The van der Waals surface area contributed by atoms with Crippen LogP contribution >= 0.6 is 0 Å². The van der Waals surface area contributed by atoms with E-state index in [-0.39, 0.29) is 11.9 Å². The zero-order valence-corrected chi connectivity index (χ0v) is 11.8. The van der Waals surface area contributed by atoms with Crippen molar-refractivity contribution in [2.75, 3.05) is 6.54 Å². The quantitative estimate of drug-likeness (QED) is 0.807. The topological polar surface area (TPSA) is 67.2 Å². The molecule has 1 amide bonds. The molecule has 0 aliphatic heterocycles. The fourth-order valence-corrected chi connectivity index (χ4v) is 1.56. The minimum absolute atomic E-state index is 0.0236. The summed E-state index contributed by atoms with van der Waals surface area (Å²) in [5.74, 6) is 1.29. The van der Waals surface area contributed by atoms with E-state index >= 15 is 0 Å². The SMILES string of the molecule is Cc1noc(C)c1CNC(C)C(=O)NCC(C)C. The molecule has 5 heteroatoms. The molecule has 0 bridgehead atoms. The zero-order chi connectivity index (χ0) is 13.7. The summed E-state index contributed by atoms with van der Waals surface area (Å²) >= 11 is 0. The number of amides is 1. The number of hydrogen-bond donors (Lipinski definition) is 2. The highest BCUT2D eigenvalue weighted by Crippen LogP contribution is 2.11. The lowest BCUT2D eigenvalue weighted by atomic mass is 10.2. The summed E-state index contributed by atoms with van der Waals surface area (Å²) in [7, 11) is 0. The molecule has 5 nitrogen and oxygen atoms in total. The number of aromatic nitrogens is 1. The number of rotatable bonds is 6. The first kappa shape index (κ1) is 14.7. The Morgan fingerprint density at radius 2 is 2.00 bits per heavy atom. The van der Waals surface area contributed by atoms with Gasteiger partial charge in [-0.15, -0.1) is 0 Å². The third-order valence-corrected chi connectivity index (χ3v) is 2.84. The first-order valence-electron chi connectivity index (χ1n) is 6.34. The van der Waals surface area contributed by atoms with Gasteiger partial charge >= 0.3 is 0 Å². The van der Waals surface area contributed by atoms with Gasteiger partial charge in [-0.05, 0) is 26.7 Å². The van der Waals surface area contributed by atoms with E-state index in [2.05, 4.69) is 29.6 Å². The van der Waals surface area contributed by atoms with Crippen LogP contribution in [0.25, 0.3) is 0 Å². The maximum atomic E-state index is 11.8. The van der Waals surface area contributed by atoms with Crippen LogP contribution in [-0.4, -0.2) is 23.7 Å². The molecule has 0 aliphatic carbocycles. The van der Waals surface area contributed by atoms with Gasteiger partial charge in [0, 0.05) is 18.7 Å². The summed E-state index contributed by atoms with van der Waals surface area (Å²) in [6.07, 6.45) is 0. The molecule has 1 atom stereocenters. The molecular formula is C13H23N3O2. The Labute approximate surface area is 108 Å². The average Bonchev–Trinajstić information content (AvgIpc) is 2.63. The Morgan fingerprint density at radius 3 is 2.50 bits per heavy atom. The number of aryl methyl sites for hydroxylation is 2. The second-order valence-electron chi connectivity index (χ2n) is 5.04. The molecule has 0 aromatic carbocycles. The lowest BCUT2D eigenvalue weighted by Gasteiger charge is -2.15. The number of nitrogens with zero attached hydrogens (tertiary/aromatic N) is 1. The summed E-state index contributed by atoms with van der Waals surface area (Å²) in [6, 6.07) is -0.225. The number of carbonyl (C=O) groups excluding carboxylic acids is 1. The van der Waals surface area contributed by atoms with Gasteiger partial charge in [0.25, 0.3) is 0 Å². The van der Waals surface area contributed by atoms with Crippen molar-refractivity contribution in [3.63, 3.8) is 0 Å². The number of nitrogens with one attached hydrogen (secondary N) is 2. The van der Waals surface area contributed by atoms with Crippen molar-refractivity contribution < 1.29 is 9.32 Å². The van der Waals surface area contributed by atoms with Crippen LogP contribution in [-0.2, 0) is 11.3 Å². The highest BCUT2D eigenvalue weighted by atomic mass is 16.5. The Hall–Kier alpha value is -1.36. The molecule has 0 radical (unpaired) electrons. The van der Waals surface area contributed by atoms with Crippen LogP contribution in [0.15, 0.2) is 4.52 Å². The summed E-state index contributed by atoms with van der Waals surface area (Å²) < 4.78 is 5.08. The summed E-state index contributed by atoms with van der Waals surface area (Å²) in [4.78, 5) is 11.8. The van der Waals surface area contributed by atoms with E-state index in [0.717, 1.165) is 17.0 Å². The second-order valence-corrected chi connectivity index (χ2v) is 5.04. The Kier molecular flexibility index (Phi) is 5.34. The average molecular weight is 253 g/mol. The molecule has 0 spiro atoms. The highest BCUT2D eigenvalue weighted by Gasteiger charge is 2.14. The normalized spacial score (nSPS) is 12.8. The minimum Gasteiger partial charge on any atom is -0.361 e. The summed E-state index contributed by atoms with van der Waals surface area (Å²) in [5, 5.41) is 9.96. The molecule has 1 aromatic rings. The van der Waals surface area contributed by atoms with Crippen molar-refractivity contribution in [3.8, 4) is 0 Å². The van der Waals surface area contributed by atoms with E-state index in [4.69, 9.17) is 4.52 Å². The van der Waals surface area contributed by atoms with Gasteiger partial charge in [0.1, 0.15) is 5.76 Å². The van der Waals surface area contributed by atoms with E-state index in [1.54, 1.807) is 0 Å². The van der Waals surface area contributed by atoms with E-state index in [1.807, 2.05) is 20.8 Å². The molecule has 0 fully saturated rings. The van der Waals surface area contributed by atoms with Crippen LogP contribution < -0.4 is 10.6 Å². The molecule has 0 saturated heterocycles. The molecule has 0 aliphatic rings. The second kappa shape index (κ2) is 6.54. The number of carbonyl (C=O) groups is 1. The van der Waals surface area contributed by atoms with Crippen molar-refractivity contribution in [1.82, 2.24) is 15.8 Å². The van der Waals surface area contributed by atoms with Gasteiger partial charge in [-0.2, -0.15) is 0 Å². The maximum absolute atomic E-state index is 11.8. The largest absolute Gasteiger partial charge is 0.361 e. The van der Waals surface area contributed by atoms with Crippen LogP contribution in [0.5, 0.6) is 0 Å². The van der Waals surface area contributed by atoms with E-state index in [0.29, 0.717) is 19.0 Å². The third kappa shape index (κ3) is 4.14. The molecule has 1 aromatic heterocycles. The minimum atomic E-state index is -0.225. The van der Waals surface area contributed by atoms with Crippen LogP contribution in [0, 0.1) is 19.8 Å². The molecule has 1 heterocycles. The van der Waals surface area contributed by atoms with Gasteiger partial charge in [-0.25, -0.2) is 0 Å². The van der Waals surface area contributed by atoms with Crippen LogP contribution in [0.2, 0.25) is 0 Å². The molecule has 1 rings (SSSR count). The first-order valence-corrected chi connectivity index (χ1v) is 6.34. The number of hydrogen-bond acceptors (Lipinski definition) is 4. The molecule has 102 valence electrons.